The molecule has 2 heterocycles. The number of benzene rings is 2. The molecule has 1 aliphatic heterocycles. The first-order valence-corrected chi connectivity index (χ1v) is 8.49. The van der Waals surface area contributed by atoms with Crippen LogP contribution in [0.4, 0.5) is 0 Å². The Labute approximate surface area is 141 Å². The molecule has 3 aromatic rings. The van der Waals surface area contributed by atoms with E-state index in [1.807, 2.05) is 48.2 Å². The summed E-state index contributed by atoms with van der Waals surface area (Å²) in [5.41, 5.74) is 4.77. The lowest BCUT2D eigenvalue weighted by atomic mass is 9.98. The van der Waals surface area contributed by atoms with E-state index in [0.717, 1.165) is 59.2 Å². The minimum atomic E-state index is 0.133. The van der Waals surface area contributed by atoms with Crippen LogP contribution < -0.4 is 0 Å². The first-order valence-electron chi connectivity index (χ1n) is 8.49. The second-order valence-corrected chi connectivity index (χ2v) is 6.38. The van der Waals surface area contributed by atoms with Gasteiger partial charge in [-0.2, -0.15) is 0 Å². The van der Waals surface area contributed by atoms with Crippen LogP contribution in [0.1, 0.15) is 28.9 Å². The van der Waals surface area contributed by atoms with Gasteiger partial charge in [0.1, 0.15) is 0 Å². The second kappa shape index (κ2) is 6.08. The highest BCUT2D eigenvalue weighted by Gasteiger charge is 2.22. The number of likely N-dealkylation sites (tertiary alicyclic amines) is 1. The molecule has 3 heteroatoms. The second-order valence-electron chi connectivity index (χ2n) is 6.38. The van der Waals surface area contributed by atoms with E-state index >= 15 is 0 Å². The van der Waals surface area contributed by atoms with Crippen molar-refractivity contribution in [2.24, 2.45) is 0 Å². The normalized spacial score (nSPS) is 14.3. The molecule has 0 unspecified atom stereocenters. The molecule has 1 amide bonds. The number of nitrogens with zero attached hydrogens (tertiary/aromatic N) is 2. The van der Waals surface area contributed by atoms with Gasteiger partial charge in [0.2, 0.25) is 0 Å². The molecule has 120 valence electrons. The predicted octanol–water partition coefficient (Wildman–Crippen LogP) is 4.45. The Kier molecular flexibility index (Phi) is 3.77. The molecule has 1 saturated heterocycles. The van der Waals surface area contributed by atoms with Crippen molar-refractivity contribution in [3.05, 3.63) is 65.9 Å². The average molecular weight is 316 g/mol. The Balaban J connectivity index is 1.92. The van der Waals surface area contributed by atoms with Gasteiger partial charge in [-0.25, -0.2) is 0 Å². The maximum Gasteiger partial charge on any atom is 0.254 e. The summed E-state index contributed by atoms with van der Waals surface area (Å²) < 4.78 is 0. The molecule has 0 bridgehead atoms. The molecule has 2 aromatic carbocycles. The highest BCUT2D eigenvalue weighted by Crippen LogP contribution is 2.30. The van der Waals surface area contributed by atoms with E-state index in [2.05, 4.69) is 18.2 Å². The first-order chi connectivity index (χ1) is 11.7. The highest BCUT2D eigenvalue weighted by molar-refractivity contribution is 6.09. The van der Waals surface area contributed by atoms with Gasteiger partial charge in [0.15, 0.2) is 0 Å². The summed E-state index contributed by atoms with van der Waals surface area (Å²) in [4.78, 5) is 19.7. The third-order valence-electron chi connectivity index (χ3n) is 4.68. The first kappa shape index (κ1) is 14.9. The third-order valence-corrected chi connectivity index (χ3v) is 4.68. The van der Waals surface area contributed by atoms with Crippen molar-refractivity contribution in [1.29, 1.82) is 0 Å². The molecule has 0 radical (unpaired) electrons. The van der Waals surface area contributed by atoms with Crippen LogP contribution in [0, 0.1) is 6.92 Å². The zero-order chi connectivity index (χ0) is 16.5. The molecule has 0 aliphatic carbocycles. The van der Waals surface area contributed by atoms with E-state index in [1.54, 1.807) is 0 Å². The summed E-state index contributed by atoms with van der Waals surface area (Å²) in [7, 11) is 0. The van der Waals surface area contributed by atoms with Crippen molar-refractivity contribution < 1.29 is 4.79 Å². The van der Waals surface area contributed by atoms with Gasteiger partial charge in [-0.3, -0.25) is 9.78 Å². The molecule has 0 N–H and O–H groups in total. The molecule has 4 rings (SSSR count). The van der Waals surface area contributed by atoms with Gasteiger partial charge in [0.25, 0.3) is 5.91 Å². The van der Waals surface area contributed by atoms with Gasteiger partial charge in [-0.1, -0.05) is 48.5 Å². The number of carbonyl (C=O) groups excluding carboxylic acids is 1. The maximum atomic E-state index is 13.0. The zero-order valence-electron chi connectivity index (χ0n) is 13.8. The number of hydrogen-bond acceptors (Lipinski definition) is 2. The average Bonchev–Trinajstić information content (AvgIpc) is 3.15. The number of aryl methyl sites for hydroxylation is 1. The number of hydrogen-bond donors (Lipinski definition) is 0. The monoisotopic (exact) mass is 316 g/mol. The van der Waals surface area contributed by atoms with Gasteiger partial charge in [-0.15, -0.1) is 0 Å². The molecule has 24 heavy (non-hydrogen) atoms. The molecule has 1 fully saturated rings. The highest BCUT2D eigenvalue weighted by atomic mass is 16.2. The third kappa shape index (κ3) is 2.56. The summed E-state index contributed by atoms with van der Waals surface area (Å²) >= 11 is 0. The van der Waals surface area contributed by atoms with Crippen molar-refractivity contribution in [3.8, 4) is 11.1 Å². The molecule has 0 atom stereocenters. The summed E-state index contributed by atoms with van der Waals surface area (Å²) in [6, 6.07) is 18.3. The van der Waals surface area contributed by atoms with Crippen molar-refractivity contribution in [2.75, 3.05) is 13.1 Å². The molecule has 0 spiro atoms. The van der Waals surface area contributed by atoms with E-state index in [-0.39, 0.29) is 5.91 Å². The lowest BCUT2D eigenvalue weighted by Gasteiger charge is -2.17. The van der Waals surface area contributed by atoms with Gasteiger partial charge >= 0.3 is 0 Å². The predicted molar refractivity (Wildman–Crippen MR) is 97.1 cm³/mol. The Morgan fingerprint density at radius 1 is 1.00 bits per heavy atom. The van der Waals surface area contributed by atoms with Crippen molar-refractivity contribution in [1.82, 2.24) is 9.88 Å². The van der Waals surface area contributed by atoms with Gasteiger partial charge in [0, 0.05) is 29.7 Å². The van der Waals surface area contributed by atoms with Crippen LogP contribution in [-0.2, 0) is 0 Å². The van der Waals surface area contributed by atoms with Crippen LogP contribution >= 0.6 is 0 Å². The Morgan fingerprint density at radius 3 is 2.50 bits per heavy atom. The van der Waals surface area contributed by atoms with E-state index in [0.29, 0.717) is 0 Å². The number of rotatable bonds is 2. The number of amides is 1. The quantitative estimate of drug-likeness (QED) is 0.700. The fourth-order valence-electron chi connectivity index (χ4n) is 3.49. The molecule has 1 aromatic heterocycles. The van der Waals surface area contributed by atoms with Gasteiger partial charge in [0.05, 0.1) is 11.1 Å². The molecular weight excluding hydrogens is 296 g/mol. The molecular formula is C21H20N2O. The summed E-state index contributed by atoms with van der Waals surface area (Å²) in [6.45, 7) is 3.68. The van der Waals surface area contributed by atoms with Crippen LogP contribution in [0.25, 0.3) is 22.0 Å². The summed E-state index contributed by atoms with van der Waals surface area (Å²) in [5.74, 6) is 0.133. The minimum Gasteiger partial charge on any atom is -0.339 e. The summed E-state index contributed by atoms with van der Waals surface area (Å²) in [5, 5.41) is 0.943. The SMILES string of the molecule is Cc1cc(C(=O)N2CCCC2)c2cccc(-c3ccccc3)c2n1. The fraction of sp³-hybridized carbons (Fsp3) is 0.238. The minimum absolute atomic E-state index is 0.133. The number of carbonyl (C=O) groups is 1. The van der Waals surface area contributed by atoms with Crippen molar-refractivity contribution in [3.63, 3.8) is 0 Å². The molecule has 1 aliphatic rings. The van der Waals surface area contributed by atoms with E-state index in [1.165, 1.54) is 0 Å². The number of pyridine rings is 1. The van der Waals surface area contributed by atoms with Crippen LogP contribution in [0.15, 0.2) is 54.6 Å². The Morgan fingerprint density at radius 2 is 1.75 bits per heavy atom. The molecule has 0 saturated carbocycles. The van der Waals surface area contributed by atoms with Crippen LogP contribution in [0.5, 0.6) is 0 Å². The van der Waals surface area contributed by atoms with Crippen LogP contribution in [0.2, 0.25) is 0 Å². The largest absolute Gasteiger partial charge is 0.339 e. The fourth-order valence-corrected chi connectivity index (χ4v) is 3.49. The van der Waals surface area contributed by atoms with Crippen LogP contribution in [0.3, 0.4) is 0 Å². The standard InChI is InChI=1S/C21H20N2O/c1-15-14-19(21(24)23-12-5-6-13-23)18-11-7-10-17(20(18)22-15)16-8-3-2-4-9-16/h2-4,7-11,14H,5-6,12-13H2,1H3. The number of fused-ring (bicyclic) bond motifs is 1. The Bertz CT molecular complexity index is 896. The van der Waals surface area contributed by atoms with Gasteiger partial charge < -0.3 is 4.90 Å². The number of aromatic nitrogens is 1. The Hall–Kier alpha value is -2.68. The van der Waals surface area contributed by atoms with E-state index in [9.17, 15) is 4.79 Å². The maximum absolute atomic E-state index is 13.0. The number of para-hydroxylation sites is 1. The van der Waals surface area contributed by atoms with Gasteiger partial charge in [-0.05, 0) is 31.4 Å². The summed E-state index contributed by atoms with van der Waals surface area (Å²) in [6.07, 6.45) is 2.20. The lowest BCUT2D eigenvalue weighted by molar-refractivity contribution is 0.0794. The lowest BCUT2D eigenvalue weighted by Crippen LogP contribution is -2.28. The van der Waals surface area contributed by atoms with Crippen molar-refractivity contribution in [2.45, 2.75) is 19.8 Å². The van der Waals surface area contributed by atoms with Crippen LogP contribution in [-0.4, -0.2) is 28.9 Å². The molecule has 3 nitrogen and oxygen atoms in total. The smallest absolute Gasteiger partial charge is 0.254 e. The van der Waals surface area contributed by atoms with Crippen molar-refractivity contribution >= 4 is 16.8 Å². The topological polar surface area (TPSA) is 33.2 Å². The van der Waals surface area contributed by atoms with E-state index < -0.39 is 0 Å². The zero-order valence-corrected chi connectivity index (χ0v) is 13.8. The van der Waals surface area contributed by atoms with E-state index in [4.69, 9.17) is 4.98 Å².